The van der Waals surface area contributed by atoms with Gasteiger partial charge in [-0.2, -0.15) is 0 Å². The molecule has 2 rings (SSSR count). The van der Waals surface area contributed by atoms with Crippen LogP contribution in [0, 0.1) is 5.82 Å². The van der Waals surface area contributed by atoms with E-state index >= 15 is 0 Å². The Bertz CT molecular complexity index is 677. The molecule has 0 aliphatic carbocycles. The fourth-order valence-electron chi connectivity index (χ4n) is 2.54. The van der Waals surface area contributed by atoms with Crippen LogP contribution in [0.4, 0.5) is 4.39 Å². The lowest BCUT2D eigenvalue weighted by atomic mass is 10.1. The standard InChI is InChI=1S/C19H24FN3O.HI/c1-21-19(23(2)14-15-8-10-17(20)11-9-15)22-13-12-16-6-4-5-7-18(16)24-3;/h4-11H,12-14H2,1-3H3,(H,21,22);1H. The number of nitrogens with zero attached hydrogens (tertiary/aromatic N) is 2. The van der Waals surface area contributed by atoms with Crippen molar-refractivity contribution in [1.82, 2.24) is 10.2 Å². The summed E-state index contributed by atoms with van der Waals surface area (Å²) >= 11 is 0. The number of aliphatic imine (C=N–C) groups is 1. The second-order valence-electron chi connectivity index (χ2n) is 5.52. The Morgan fingerprint density at radius 1 is 1.16 bits per heavy atom. The molecule has 0 amide bonds. The van der Waals surface area contributed by atoms with Crippen LogP contribution < -0.4 is 10.1 Å². The van der Waals surface area contributed by atoms with E-state index in [0.29, 0.717) is 6.54 Å². The molecular weight excluding hydrogens is 432 g/mol. The van der Waals surface area contributed by atoms with Gasteiger partial charge in [-0.25, -0.2) is 4.39 Å². The SMILES string of the molecule is CN=C(NCCc1ccccc1OC)N(C)Cc1ccc(F)cc1.I. The Kier molecular flexibility index (Phi) is 9.26. The predicted molar refractivity (Wildman–Crippen MR) is 111 cm³/mol. The summed E-state index contributed by atoms with van der Waals surface area (Å²) in [5.74, 6) is 1.48. The van der Waals surface area contributed by atoms with Gasteiger partial charge in [-0.1, -0.05) is 30.3 Å². The largest absolute Gasteiger partial charge is 0.496 e. The van der Waals surface area contributed by atoms with Crippen LogP contribution in [0.5, 0.6) is 5.75 Å². The molecule has 4 nitrogen and oxygen atoms in total. The number of hydrogen-bond donors (Lipinski definition) is 1. The Balaban J connectivity index is 0.00000312. The number of methoxy groups -OCH3 is 1. The molecule has 25 heavy (non-hydrogen) atoms. The molecule has 0 saturated carbocycles. The molecular formula is C19H25FIN3O. The van der Waals surface area contributed by atoms with Gasteiger partial charge in [0.1, 0.15) is 11.6 Å². The summed E-state index contributed by atoms with van der Waals surface area (Å²) in [6.45, 7) is 1.41. The van der Waals surface area contributed by atoms with Crippen molar-refractivity contribution in [3.8, 4) is 5.75 Å². The third-order valence-corrected chi connectivity index (χ3v) is 3.78. The lowest BCUT2D eigenvalue weighted by Gasteiger charge is -2.22. The van der Waals surface area contributed by atoms with Gasteiger partial charge in [0.25, 0.3) is 0 Å². The molecule has 2 aromatic carbocycles. The monoisotopic (exact) mass is 457 g/mol. The molecule has 6 heteroatoms. The molecule has 0 spiro atoms. The number of hydrogen-bond acceptors (Lipinski definition) is 2. The first kappa shape index (κ1) is 21.2. The fraction of sp³-hybridized carbons (Fsp3) is 0.316. The van der Waals surface area contributed by atoms with Crippen LogP contribution in [0.3, 0.4) is 0 Å². The lowest BCUT2D eigenvalue weighted by molar-refractivity contribution is 0.409. The summed E-state index contributed by atoms with van der Waals surface area (Å²) in [5.41, 5.74) is 2.19. The summed E-state index contributed by atoms with van der Waals surface area (Å²) in [6.07, 6.45) is 0.841. The van der Waals surface area contributed by atoms with Crippen LogP contribution in [0.1, 0.15) is 11.1 Å². The van der Waals surface area contributed by atoms with Crippen molar-refractivity contribution < 1.29 is 9.13 Å². The number of para-hydroxylation sites is 1. The Hall–Kier alpha value is -1.83. The summed E-state index contributed by atoms with van der Waals surface area (Å²) in [4.78, 5) is 6.31. The zero-order chi connectivity index (χ0) is 17.4. The van der Waals surface area contributed by atoms with E-state index in [0.717, 1.165) is 35.8 Å². The summed E-state index contributed by atoms with van der Waals surface area (Å²) in [6, 6.07) is 14.5. The van der Waals surface area contributed by atoms with Crippen molar-refractivity contribution in [3.63, 3.8) is 0 Å². The van der Waals surface area contributed by atoms with Crippen LogP contribution in [0.15, 0.2) is 53.5 Å². The maximum atomic E-state index is 13.0. The van der Waals surface area contributed by atoms with Gasteiger partial charge in [0.15, 0.2) is 5.96 Å². The van der Waals surface area contributed by atoms with Gasteiger partial charge >= 0.3 is 0 Å². The van der Waals surface area contributed by atoms with Crippen molar-refractivity contribution in [3.05, 3.63) is 65.5 Å². The molecule has 0 aliphatic rings. The first-order valence-corrected chi connectivity index (χ1v) is 7.92. The summed E-state index contributed by atoms with van der Waals surface area (Å²) in [7, 11) is 5.40. The molecule has 136 valence electrons. The van der Waals surface area contributed by atoms with Crippen LogP contribution in [0.25, 0.3) is 0 Å². The first-order valence-electron chi connectivity index (χ1n) is 7.92. The average molecular weight is 457 g/mol. The van der Waals surface area contributed by atoms with Crippen molar-refractivity contribution in [1.29, 1.82) is 0 Å². The number of ether oxygens (including phenoxy) is 1. The number of rotatable bonds is 6. The van der Waals surface area contributed by atoms with Crippen LogP contribution in [-0.2, 0) is 13.0 Å². The van der Waals surface area contributed by atoms with Gasteiger partial charge < -0.3 is 15.0 Å². The number of benzene rings is 2. The molecule has 0 bridgehead atoms. The van der Waals surface area contributed by atoms with Gasteiger partial charge in [-0.05, 0) is 35.7 Å². The van der Waals surface area contributed by atoms with Crippen LogP contribution >= 0.6 is 24.0 Å². The van der Waals surface area contributed by atoms with Gasteiger partial charge in [-0.3, -0.25) is 4.99 Å². The minimum absolute atomic E-state index is 0. The Morgan fingerprint density at radius 3 is 2.48 bits per heavy atom. The summed E-state index contributed by atoms with van der Waals surface area (Å²) < 4.78 is 18.3. The molecule has 1 N–H and O–H groups in total. The van der Waals surface area contributed by atoms with E-state index in [9.17, 15) is 4.39 Å². The molecule has 0 saturated heterocycles. The highest BCUT2D eigenvalue weighted by Gasteiger charge is 2.07. The van der Waals surface area contributed by atoms with Gasteiger partial charge in [-0.15, -0.1) is 24.0 Å². The van der Waals surface area contributed by atoms with E-state index in [1.165, 1.54) is 12.1 Å². The smallest absolute Gasteiger partial charge is 0.193 e. The summed E-state index contributed by atoms with van der Waals surface area (Å²) in [5, 5.41) is 3.35. The van der Waals surface area contributed by atoms with Gasteiger partial charge in [0.05, 0.1) is 7.11 Å². The highest BCUT2D eigenvalue weighted by molar-refractivity contribution is 14.0. The molecule has 0 unspecified atom stereocenters. The van der Waals surface area contributed by atoms with Crippen LogP contribution in [0.2, 0.25) is 0 Å². The number of guanidine groups is 1. The lowest BCUT2D eigenvalue weighted by Crippen LogP contribution is -2.39. The molecule has 0 aromatic heterocycles. The molecule has 0 fully saturated rings. The van der Waals surface area contributed by atoms with Crippen molar-refractivity contribution in [2.45, 2.75) is 13.0 Å². The molecule has 0 heterocycles. The first-order chi connectivity index (χ1) is 11.6. The minimum atomic E-state index is -0.222. The predicted octanol–water partition coefficient (Wildman–Crippen LogP) is 3.70. The topological polar surface area (TPSA) is 36.9 Å². The zero-order valence-electron chi connectivity index (χ0n) is 14.8. The highest BCUT2D eigenvalue weighted by Crippen LogP contribution is 2.17. The van der Waals surface area contributed by atoms with Crippen molar-refractivity contribution >= 4 is 29.9 Å². The van der Waals surface area contributed by atoms with Gasteiger partial charge in [0, 0.05) is 27.2 Å². The van der Waals surface area contributed by atoms with E-state index < -0.39 is 0 Å². The second-order valence-corrected chi connectivity index (χ2v) is 5.52. The second kappa shape index (κ2) is 10.9. The molecule has 0 aliphatic heterocycles. The molecule has 2 aromatic rings. The third kappa shape index (κ3) is 6.53. The van der Waals surface area contributed by atoms with E-state index in [4.69, 9.17) is 4.74 Å². The fourth-order valence-corrected chi connectivity index (χ4v) is 2.54. The maximum Gasteiger partial charge on any atom is 0.193 e. The minimum Gasteiger partial charge on any atom is -0.496 e. The van der Waals surface area contributed by atoms with E-state index in [2.05, 4.69) is 16.4 Å². The third-order valence-electron chi connectivity index (χ3n) is 3.78. The normalized spacial score (nSPS) is 10.8. The van der Waals surface area contributed by atoms with Gasteiger partial charge in [0.2, 0.25) is 0 Å². The molecule has 0 radical (unpaired) electrons. The highest BCUT2D eigenvalue weighted by atomic mass is 127. The maximum absolute atomic E-state index is 13.0. The van der Waals surface area contributed by atoms with Crippen molar-refractivity contribution in [2.75, 3.05) is 27.7 Å². The number of nitrogens with one attached hydrogen (secondary N) is 1. The van der Waals surface area contributed by atoms with E-state index in [1.807, 2.05) is 30.1 Å². The van der Waals surface area contributed by atoms with Crippen LogP contribution in [-0.4, -0.2) is 38.6 Å². The van der Waals surface area contributed by atoms with E-state index in [-0.39, 0.29) is 29.8 Å². The quantitative estimate of drug-likeness (QED) is 0.409. The average Bonchev–Trinajstić information content (AvgIpc) is 2.61. The van der Waals surface area contributed by atoms with E-state index in [1.54, 1.807) is 26.3 Å². The van der Waals surface area contributed by atoms with Crippen molar-refractivity contribution in [2.24, 2.45) is 4.99 Å². The number of halogens is 2. The zero-order valence-corrected chi connectivity index (χ0v) is 17.2. The Morgan fingerprint density at radius 2 is 1.84 bits per heavy atom. The molecule has 0 atom stereocenters. The Labute approximate surface area is 166 Å².